The van der Waals surface area contributed by atoms with Crippen molar-refractivity contribution < 1.29 is 9.53 Å². The zero-order valence-electron chi connectivity index (χ0n) is 6.83. The number of hydrogen-bond donors (Lipinski definition) is 1. The van der Waals surface area contributed by atoms with Crippen molar-refractivity contribution in [1.29, 1.82) is 5.26 Å². The molecular formula is C8H10N2O2. The predicted molar refractivity (Wildman–Crippen MR) is 41.6 cm³/mol. The van der Waals surface area contributed by atoms with Crippen molar-refractivity contribution in [3.05, 3.63) is 11.8 Å². The second kappa shape index (κ2) is 3.77. The lowest BCUT2D eigenvalue weighted by atomic mass is 10.3. The van der Waals surface area contributed by atoms with Crippen LogP contribution in [0.5, 0.6) is 0 Å². The Morgan fingerprint density at radius 2 is 2.67 bits per heavy atom. The Balaban J connectivity index is 2.42. The highest BCUT2D eigenvalue weighted by molar-refractivity contribution is 5.66. The summed E-state index contributed by atoms with van der Waals surface area (Å²) in [5, 5.41) is 11.2. The Morgan fingerprint density at radius 1 is 1.92 bits per heavy atom. The summed E-state index contributed by atoms with van der Waals surface area (Å²) in [4.78, 5) is 10.5. The topological polar surface area (TPSA) is 62.1 Å². The summed E-state index contributed by atoms with van der Waals surface area (Å²) in [5.74, 6) is -0.300. The van der Waals surface area contributed by atoms with Crippen molar-refractivity contribution in [3.8, 4) is 6.07 Å². The number of allylic oxidation sites excluding steroid dienone is 2. The summed E-state index contributed by atoms with van der Waals surface area (Å²) in [6.45, 7) is 1.37. The molecule has 0 saturated carbocycles. The first kappa shape index (κ1) is 8.60. The van der Waals surface area contributed by atoms with E-state index in [2.05, 4.69) is 5.32 Å². The first-order valence-electron chi connectivity index (χ1n) is 3.75. The number of nitriles is 1. The molecule has 12 heavy (non-hydrogen) atoms. The van der Waals surface area contributed by atoms with Crippen LogP contribution in [0.3, 0.4) is 0 Å². The third kappa shape index (κ3) is 2.27. The molecular weight excluding hydrogens is 156 g/mol. The molecule has 0 aliphatic carbocycles. The Bertz CT molecular complexity index is 252. The van der Waals surface area contributed by atoms with E-state index >= 15 is 0 Å². The average Bonchev–Trinajstić information content (AvgIpc) is 2.36. The van der Waals surface area contributed by atoms with Gasteiger partial charge in [-0.05, 0) is 6.42 Å². The van der Waals surface area contributed by atoms with E-state index < -0.39 is 0 Å². The van der Waals surface area contributed by atoms with Crippen molar-refractivity contribution in [1.82, 2.24) is 5.32 Å². The van der Waals surface area contributed by atoms with Gasteiger partial charge in [-0.25, -0.2) is 0 Å². The van der Waals surface area contributed by atoms with Crippen LogP contribution >= 0.6 is 0 Å². The predicted octanol–water partition coefficient (Wildman–Crippen LogP) is 0.666. The SMILES string of the molecule is CC(=O)OC1CC/C(=C\C#N)N1. The molecule has 0 aromatic rings. The van der Waals surface area contributed by atoms with Gasteiger partial charge in [0.25, 0.3) is 0 Å². The first-order valence-corrected chi connectivity index (χ1v) is 3.75. The van der Waals surface area contributed by atoms with Gasteiger partial charge < -0.3 is 10.1 Å². The standard InChI is InChI=1S/C8H10N2O2/c1-6(11)12-8-3-2-7(10-8)4-5-9/h4,8,10H,2-3H2,1H3/b7-4+. The fraction of sp³-hybridized carbons (Fsp3) is 0.500. The highest BCUT2D eigenvalue weighted by Crippen LogP contribution is 2.15. The van der Waals surface area contributed by atoms with E-state index in [0.29, 0.717) is 0 Å². The van der Waals surface area contributed by atoms with Gasteiger partial charge in [0.05, 0.1) is 6.07 Å². The van der Waals surface area contributed by atoms with E-state index in [0.717, 1.165) is 18.5 Å². The molecule has 1 heterocycles. The minimum Gasteiger partial charge on any atom is -0.442 e. The molecule has 4 heteroatoms. The molecule has 0 amide bonds. The van der Waals surface area contributed by atoms with Gasteiger partial charge >= 0.3 is 5.97 Å². The Morgan fingerprint density at radius 3 is 3.25 bits per heavy atom. The second-order valence-electron chi connectivity index (χ2n) is 2.58. The molecule has 1 N–H and O–H groups in total. The third-order valence-corrected chi connectivity index (χ3v) is 1.57. The Labute approximate surface area is 70.8 Å². The monoisotopic (exact) mass is 166 g/mol. The van der Waals surface area contributed by atoms with Gasteiger partial charge in [0, 0.05) is 25.1 Å². The molecule has 1 aliphatic heterocycles. The fourth-order valence-electron chi connectivity index (χ4n) is 1.12. The van der Waals surface area contributed by atoms with Crippen LogP contribution in [0.25, 0.3) is 0 Å². The largest absolute Gasteiger partial charge is 0.442 e. The molecule has 1 saturated heterocycles. The number of hydrogen-bond acceptors (Lipinski definition) is 4. The van der Waals surface area contributed by atoms with Crippen LogP contribution in [0.2, 0.25) is 0 Å². The lowest BCUT2D eigenvalue weighted by Gasteiger charge is -2.09. The molecule has 1 aliphatic rings. The highest BCUT2D eigenvalue weighted by atomic mass is 16.6. The maximum absolute atomic E-state index is 10.5. The maximum Gasteiger partial charge on any atom is 0.304 e. The van der Waals surface area contributed by atoms with Gasteiger partial charge in [0.15, 0.2) is 6.23 Å². The summed E-state index contributed by atoms with van der Waals surface area (Å²) in [5.41, 5.74) is 0.837. The van der Waals surface area contributed by atoms with E-state index in [4.69, 9.17) is 10.00 Å². The number of nitrogens with one attached hydrogen (secondary N) is 1. The Hall–Kier alpha value is -1.50. The summed E-state index contributed by atoms with van der Waals surface area (Å²) < 4.78 is 4.89. The van der Waals surface area contributed by atoms with Gasteiger partial charge in [0.1, 0.15) is 0 Å². The maximum atomic E-state index is 10.5. The highest BCUT2D eigenvalue weighted by Gasteiger charge is 2.19. The van der Waals surface area contributed by atoms with Gasteiger partial charge in [-0.3, -0.25) is 4.79 Å². The van der Waals surface area contributed by atoms with E-state index in [-0.39, 0.29) is 12.2 Å². The summed E-state index contributed by atoms with van der Waals surface area (Å²) in [6, 6.07) is 1.92. The van der Waals surface area contributed by atoms with Gasteiger partial charge in [-0.2, -0.15) is 5.26 Å². The smallest absolute Gasteiger partial charge is 0.304 e. The van der Waals surface area contributed by atoms with Crippen LogP contribution in [0.15, 0.2) is 11.8 Å². The third-order valence-electron chi connectivity index (χ3n) is 1.57. The van der Waals surface area contributed by atoms with Crippen LogP contribution in [-0.2, 0) is 9.53 Å². The van der Waals surface area contributed by atoms with E-state index in [1.165, 1.54) is 13.0 Å². The molecule has 0 spiro atoms. The molecule has 1 fully saturated rings. The van der Waals surface area contributed by atoms with Gasteiger partial charge in [0.2, 0.25) is 0 Å². The number of carbonyl (C=O) groups excluding carboxylic acids is 1. The number of rotatable bonds is 1. The molecule has 1 unspecified atom stereocenters. The minimum atomic E-state index is -0.300. The zero-order chi connectivity index (χ0) is 8.97. The van der Waals surface area contributed by atoms with Crippen LogP contribution < -0.4 is 5.32 Å². The minimum absolute atomic E-state index is 0.248. The number of esters is 1. The summed E-state index contributed by atoms with van der Waals surface area (Å²) >= 11 is 0. The van der Waals surface area contributed by atoms with Crippen molar-refractivity contribution in [2.24, 2.45) is 0 Å². The second-order valence-corrected chi connectivity index (χ2v) is 2.58. The summed E-state index contributed by atoms with van der Waals surface area (Å²) in [6.07, 6.45) is 2.70. The molecule has 1 rings (SSSR count). The molecule has 4 nitrogen and oxygen atoms in total. The van der Waals surface area contributed by atoms with Crippen LogP contribution in [0.4, 0.5) is 0 Å². The number of ether oxygens (including phenoxy) is 1. The molecule has 1 atom stereocenters. The van der Waals surface area contributed by atoms with Crippen molar-refractivity contribution in [2.45, 2.75) is 26.0 Å². The summed E-state index contributed by atoms with van der Waals surface area (Å²) in [7, 11) is 0. The van der Waals surface area contributed by atoms with E-state index in [1.54, 1.807) is 0 Å². The normalized spacial score (nSPS) is 24.7. The zero-order valence-corrected chi connectivity index (χ0v) is 6.83. The Kier molecular flexibility index (Phi) is 2.70. The van der Waals surface area contributed by atoms with Crippen molar-refractivity contribution in [2.75, 3.05) is 0 Å². The van der Waals surface area contributed by atoms with Crippen molar-refractivity contribution in [3.63, 3.8) is 0 Å². The van der Waals surface area contributed by atoms with E-state index in [1.807, 2.05) is 6.07 Å². The quantitative estimate of drug-likeness (QED) is 0.459. The average molecular weight is 166 g/mol. The first-order chi connectivity index (χ1) is 5.72. The van der Waals surface area contributed by atoms with Gasteiger partial charge in [-0.15, -0.1) is 0 Å². The molecule has 0 bridgehead atoms. The number of nitrogens with zero attached hydrogens (tertiary/aromatic N) is 1. The molecule has 0 aromatic carbocycles. The molecule has 64 valence electrons. The van der Waals surface area contributed by atoms with Crippen LogP contribution in [0, 0.1) is 11.3 Å². The van der Waals surface area contributed by atoms with Crippen LogP contribution in [0.1, 0.15) is 19.8 Å². The lowest BCUT2D eigenvalue weighted by Crippen LogP contribution is -2.25. The van der Waals surface area contributed by atoms with E-state index in [9.17, 15) is 4.79 Å². The fourth-order valence-corrected chi connectivity index (χ4v) is 1.12. The lowest BCUT2D eigenvalue weighted by molar-refractivity contribution is -0.146. The molecule has 0 radical (unpaired) electrons. The van der Waals surface area contributed by atoms with Crippen LogP contribution in [-0.4, -0.2) is 12.2 Å². The molecule has 0 aromatic heterocycles. The number of carbonyl (C=O) groups is 1. The van der Waals surface area contributed by atoms with Gasteiger partial charge in [-0.1, -0.05) is 0 Å². The van der Waals surface area contributed by atoms with Crippen molar-refractivity contribution >= 4 is 5.97 Å².